The summed E-state index contributed by atoms with van der Waals surface area (Å²) in [5, 5.41) is 7.54. The van der Waals surface area contributed by atoms with Crippen LogP contribution in [0.5, 0.6) is 0 Å². The third kappa shape index (κ3) is 4.06. The van der Waals surface area contributed by atoms with E-state index in [1.807, 2.05) is 21.8 Å². The van der Waals surface area contributed by atoms with E-state index in [0.29, 0.717) is 5.91 Å². The highest BCUT2D eigenvalue weighted by Gasteiger charge is 2.23. The summed E-state index contributed by atoms with van der Waals surface area (Å²) >= 11 is 0. The molecule has 0 radical (unpaired) electrons. The lowest BCUT2D eigenvalue weighted by Gasteiger charge is -2.25. The van der Waals surface area contributed by atoms with Crippen molar-refractivity contribution in [2.75, 3.05) is 26.2 Å². The number of amides is 1. The molecule has 0 aromatic carbocycles. The Morgan fingerprint density at radius 1 is 1.47 bits per heavy atom. The van der Waals surface area contributed by atoms with E-state index >= 15 is 0 Å². The molecule has 1 N–H and O–H groups in total. The number of hydrogen-bond donors (Lipinski definition) is 1. The molecule has 1 saturated heterocycles. The molecule has 5 heteroatoms. The monoisotopic (exact) mass is 264 g/mol. The molecule has 5 nitrogen and oxygen atoms in total. The second kappa shape index (κ2) is 7.28. The van der Waals surface area contributed by atoms with Gasteiger partial charge in [-0.1, -0.05) is 0 Å². The number of carbonyl (C=O) groups is 1. The minimum absolute atomic E-state index is 0.201. The number of likely N-dealkylation sites (N-methyl/N-ethyl adjacent to an activating group) is 1. The van der Waals surface area contributed by atoms with Crippen LogP contribution in [0.4, 0.5) is 0 Å². The smallest absolute Gasteiger partial charge is 0.225 e. The highest BCUT2D eigenvalue weighted by molar-refractivity contribution is 5.78. The average molecular weight is 264 g/mol. The Morgan fingerprint density at radius 3 is 3.11 bits per heavy atom. The first-order valence-electron chi connectivity index (χ1n) is 7.28. The average Bonchev–Trinajstić information content (AvgIpc) is 2.80. The van der Waals surface area contributed by atoms with Crippen LogP contribution in [0.15, 0.2) is 18.5 Å². The van der Waals surface area contributed by atoms with Gasteiger partial charge in [-0.15, -0.1) is 0 Å². The molecule has 1 aliphatic heterocycles. The van der Waals surface area contributed by atoms with Crippen molar-refractivity contribution in [2.24, 2.45) is 5.92 Å². The van der Waals surface area contributed by atoms with Gasteiger partial charge in [-0.05, 0) is 45.3 Å². The summed E-state index contributed by atoms with van der Waals surface area (Å²) < 4.78 is 1.88. The molecule has 1 aromatic heterocycles. The molecule has 0 spiro atoms. The summed E-state index contributed by atoms with van der Waals surface area (Å²) in [6.07, 6.45) is 6.80. The Labute approximate surface area is 115 Å². The number of rotatable bonds is 5. The van der Waals surface area contributed by atoms with E-state index < -0.39 is 0 Å². The minimum Gasteiger partial charge on any atom is -0.341 e. The van der Waals surface area contributed by atoms with Gasteiger partial charge in [0.15, 0.2) is 0 Å². The van der Waals surface area contributed by atoms with Gasteiger partial charge in [0.1, 0.15) is 0 Å². The number of nitrogens with zero attached hydrogens (tertiary/aromatic N) is 3. The first kappa shape index (κ1) is 14.1. The molecule has 0 bridgehead atoms. The molecule has 1 aliphatic rings. The summed E-state index contributed by atoms with van der Waals surface area (Å²) in [6, 6.07) is 1.91. The van der Waals surface area contributed by atoms with E-state index in [0.717, 1.165) is 52.0 Å². The standard InChI is InChI=1S/C14H24N4O/c1-2-17(11-12-18-10-4-8-16-18)14(19)13-5-3-7-15-9-6-13/h4,8,10,13,15H,2-3,5-7,9,11-12H2,1H3/t13-/m0/s1. The summed E-state index contributed by atoms with van der Waals surface area (Å²) in [7, 11) is 0. The first-order valence-corrected chi connectivity index (χ1v) is 7.28. The van der Waals surface area contributed by atoms with Crippen molar-refractivity contribution in [1.29, 1.82) is 0 Å². The van der Waals surface area contributed by atoms with Crippen LogP contribution < -0.4 is 5.32 Å². The van der Waals surface area contributed by atoms with Crippen molar-refractivity contribution in [1.82, 2.24) is 20.0 Å². The van der Waals surface area contributed by atoms with E-state index in [2.05, 4.69) is 17.3 Å². The number of hydrogen-bond acceptors (Lipinski definition) is 3. The van der Waals surface area contributed by atoms with Crippen molar-refractivity contribution in [3.63, 3.8) is 0 Å². The molecule has 106 valence electrons. The normalized spacial score (nSPS) is 19.9. The Balaban J connectivity index is 1.86. The Hall–Kier alpha value is -1.36. The SMILES string of the molecule is CCN(CCn1cccn1)C(=O)[C@H]1CCCNCC1. The fourth-order valence-electron chi connectivity index (χ4n) is 2.60. The van der Waals surface area contributed by atoms with Gasteiger partial charge in [-0.2, -0.15) is 5.10 Å². The van der Waals surface area contributed by atoms with Crippen LogP contribution in [0, 0.1) is 5.92 Å². The lowest BCUT2D eigenvalue weighted by atomic mass is 9.99. The fraction of sp³-hybridized carbons (Fsp3) is 0.714. The van der Waals surface area contributed by atoms with Crippen LogP contribution in [0.25, 0.3) is 0 Å². The lowest BCUT2D eigenvalue weighted by molar-refractivity contribution is -0.135. The molecule has 1 amide bonds. The zero-order valence-electron chi connectivity index (χ0n) is 11.7. The lowest BCUT2D eigenvalue weighted by Crippen LogP contribution is -2.38. The van der Waals surface area contributed by atoms with Crippen molar-refractivity contribution in [3.8, 4) is 0 Å². The van der Waals surface area contributed by atoms with Gasteiger partial charge in [-0.25, -0.2) is 0 Å². The quantitative estimate of drug-likeness (QED) is 0.867. The second-order valence-electron chi connectivity index (χ2n) is 5.06. The van der Waals surface area contributed by atoms with Crippen LogP contribution in [-0.2, 0) is 11.3 Å². The van der Waals surface area contributed by atoms with Gasteiger partial charge in [0, 0.05) is 31.4 Å². The summed E-state index contributed by atoms with van der Waals surface area (Å²) in [5.41, 5.74) is 0. The van der Waals surface area contributed by atoms with Gasteiger partial charge in [-0.3, -0.25) is 9.48 Å². The second-order valence-corrected chi connectivity index (χ2v) is 5.06. The minimum atomic E-state index is 0.201. The molecular formula is C14H24N4O. The fourth-order valence-corrected chi connectivity index (χ4v) is 2.60. The summed E-state index contributed by atoms with van der Waals surface area (Å²) in [5.74, 6) is 0.519. The van der Waals surface area contributed by atoms with E-state index in [4.69, 9.17) is 0 Å². The first-order chi connectivity index (χ1) is 9.31. The van der Waals surface area contributed by atoms with E-state index in [-0.39, 0.29) is 5.92 Å². The molecule has 0 unspecified atom stereocenters. The summed E-state index contributed by atoms with van der Waals surface area (Å²) in [4.78, 5) is 14.5. The van der Waals surface area contributed by atoms with Crippen molar-refractivity contribution in [2.45, 2.75) is 32.7 Å². The molecular weight excluding hydrogens is 240 g/mol. The zero-order chi connectivity index (χ0) is 13.5. The number of carbonyl (C=O) groups excluding carboxylic acids is 1. The maximum Gasteiger partial charge on any atom is 0.225 e. The highest BCUT2D eigenvalue weighted by Crippen LogP contribution is 2.16. The van der Waals surface area contributed by atoms with Gasteiger partial charge < -0.3 is 10.2 Å². The van der Waals surface area contributed by atoms with Crippen molar-refractivity contribution in [3.05, 3.63) is 18.5 Å². The van der Waals surface area contributed by atoms with Gasteiger partial charge >= 0.3 is 0 Å². The molecule has 2 heterocycles. The maximum absolute atomic E-state index is 12.5. The van der Waals surface area contributed by atoms with Crippen LogP contribution in [-0.4, -0.2) is 46.8 Å². The predicted octanol–water partition coefficient (Wildman–Crippen LogP) is 1.12. The topological polar surface area (TPSA) is 50.2 Å². The predicted molar refractivity (Wildman–Crippen MR) is 74.7 cm³/mol. The van der Waals surface area contributed by atoms with Crippen LogP contribution in [0.2, 0.25) is 0 Å². The van der Waals surface area contributed by atoms with E-state index in [1.54, 1.807) is 6.20 Å². The molecule has 0 saturated carbocycles. The molecule has 0 aliphatic carbocycles. The molecule has 1 aromatic rings. The maximum atomic E-state index is 12.5. The molecule has 1 fully saturated rings. The van der Waals surface area contributed by atoms with Gasteiger partial charge in [0.05, 0.1) is 6.54 Å². The van der Waals surface area contributed by atoms with Crippen LogP contribution >= 0.6 is 0 Å². The van der Waals surface area contributed by atoms with E-state index in [9.17, 15) is 4.79 Å². The van der Waals surface area contributed by atoms with Crippen LogP contribution in [0.1, 0.15) is 26.2 Å². The Kier molecular flexibility index (Phi) is 5.39. The van der Waals surface area contributed by atoms with Gasteiger partial charge in [0.2, 0.25) is 5.91 Å². The largest absolute Gasteiger partial charge is 0.341 e. The van der Waals surface area contributed by atoms with Crippen molar-refractivity contribution < 1.29 is 4.79 Å². The molecule has 2 rings (SSSR count). The Morgan fingerprint density at radius 2 is 2.37 bits per heavy atom. The van der Waals surface area contributed by atoms with Crippen LogP contribution in [0.3, 0.4) is 0 Å². The van der Waals surface area contributed by atoms with Crippen molar-refractivity contribution >= 4 is 5.91 Å². The van der Waals surface area contributed by atoms with Gasteiger partial charge in [0.25, 0.3) is 0 Å². The number of nitrogens with one attached hydrogen (secondary N) is 1. The van der Waals surface area contributed by atoms with E-state index in [1.165, 1.54) is 0 Å². The third-order valence-electron chi connectivity index (χ3n) is 3.78. The summed E-state index contributed by atoms with van der Waals surface area (Å²) in [6.45, 7) is 6.37. The Bertz CT molecular complexity index is 369. The third-order valence-corrected chi connectivity index (χ3v) is 3.78. The molecule has 19 heavy (non-hydrogen) atoms. The number of aromatic nitrogens is 2. The zero-order valence-corrected chi connectivity index (χ0v) is 11.7. The molecule has 1 atom stereocenters. The highest BCUT2D eigenvalue weighted by atomic mass is 16.2.